The molecule has 23 heavy (non-hydrogen) atoms. The molecule has 2 rings (SSSR count). The Bertz CT molecular complexity index is 634. The number of carbonyl (C=O) groups excluding carboxylic acids is 2. The van der Waals surface area contributed by atoms with E-state index in [9.17, 15) is 9.59 Å². The molecule has 2 aromatic heterocycles. The average molecular weight is 340 g/mol. The summed E-state index contributed by atoms with van der Waals surface area (Å²) in [5, 5.41) is 8.35. The predicted molar refractivity (Wildman–Crippen MR) is 80.3 cm³/mol. The highest BCUT2D eigenvalue weighted by Gasteiger charge is 2.15. The Kier molecular flexibility index (Phi) is 6.15. The van der Waals surface area contributed by atoms with Gasteiger partial charge in [-0.2, -0.15) is 0 Å². The third-order valence-corrected chi connectivity index (χ3v) is 3.44. The molecule has 0 atom stereocenters. The quantitative estimate of drug-likeness (QED) is 0.507. The SMILES string of the molecule is CCOC(=O)COc1nnc(SCC(=O)OCC)n2ccnc12. The zero-order valence-corrected chi connectivity index (χ0v) is 13.5. The molecule has 0 spiro atoms. The number of esters is 2. The van der Waals surface area contributed by atoms with Crippen molar-refractivity contribution in [2.24, 2.45) is 0 Å². The van der Waals surface area contributed by atoms with E-state index in [-0.39, 0.29) is 30.8 Å². The summed E-state index contributed by atoms with van der Waals surface area (Å²) in [5.41, 5.74) is 0.399. The molecule has 9 nitrogen and oxygen atoms in total. The van der Waals surface area contributed by atoms with Crippen LogP contribution in [0.4, 0.5) is 0 Å². The van der Waals surface area contributed by atoms with E-state index in [1.807, 2.05) is 0 Å². The van der Waals surface area contributed by atoms with Crippen LogP contribution in [0.2, 0.25) is 0 Å². The minimum atomic E-state index is -0.500. The number of fused-ring (bicyclic) bond motifs is 1. The highest BCUT2D eigenvalue weighted by Crippen LogP contribution is 2.21. The zero-order valence-electron chi connectivity index (χ0n) is 12.7. The largest absolute Gasteiger partial charge is 0.465 e. The van der Waals surface area contributed by atoms with Crippen molar-refractivity contribution < 1.29 is 23.8 Å². The fraction of sp³-hybridized carbons (Fsp3) is 0.462. The fourth-order valence-electron chi connectivity index (χ4n) is 1.65. The van der Waals surface area contributed by atoms with Crippen molar-refractivity contribution in [3.05, 3.63) is 12.4 Å². The summed E-state index contributed by atoms with van der Waals surface area (Å²) in [7, 11) is 0. The summed E-state index contributed by atoms with van der Waals surface area (Å²) >= 11 is 1.17. The Morgan fingerprint density at radius 2 is 1.91 bits per heavy atom. The topological polar surface area (TPSA) is 105 Å². The van der Waals surface area contributed by atoms with Crippen LogP contribution in [0, 0.1) is 0 Å². The maximum Gasteiger partial charge on any atom is 0.344 e. The number of aromatic nitrogens is 4. The predicted octanol–water partition coefficient (Wildman–Crippen LogP) is 0.721. The first-order chi connectivity index (χ1) is 11.2. The molecular weight excluding hydrogens is 324 g/mol. The van der Waals surface area contributed by atoms with Gasteiger partial charge in [-0.1, -0.05) is 11.8 Å². The van der Waals surface area contributed by atoms with E-state index in [1.54, 1.807) is 30.6 Å². The normalized spacial score (nSPS) is 10.5. The fourth-order valence-corrected chi connectivity index (χ4v) is 2.36. The van der Waals surface area contributed by atoms with Gasteiger partial charge in [0.2, 0.25) is 5.65 Å². The van der Waals surface area contributed by atoms with E-state index < -0.39 is 5.97 Å². The molecule has 0 amide bonds. The molecule has 0 aliphatic rings. The number of imidazole rings is 1. The average Bonchev–Trinajstić information content (AvgIpc) is 3.02. The molecule has 2 aromatic rings. The van der Waals surface area contributed by atoms with Crippen LogP contribution in [0.3, 0.4) is 0 Å². The molecule has 124 valence electrons. The number of thioether (sulfide) groups is 1. The standard InChI is InChI=1S/C13H16N4O5S/c1-3-20-9(18)7-22-12-11-14-5-6-17(11)13(16-15-12)23-8-10(19)21-4-2/h5-6H,3-4,7-8H2,1-2H3. The van der Waals surface area contributed by atoms with Gasteiger partial charge in [0.25, 0.3) is 5.88 Å². The summed E-state index contributed by atoms with van der Waals surface area (Å²) in [6.45, 7) is 3.77. The molecule has 0 saturated carbocycles. The van der Waals surface area contributed by atoms with Crippen molar-refractivity contribution in [2.75, 3.05) is 25.6 Å². The van der Waals surface area contributed by atoms with Crippen LogP contribution < -0.4 is 4.74 Å². The van der Waals surface area contributed by atoms with Gasteiger partial charge in [0.15, 0.2) is 11.8 Å². The Morgan fingerprint density at radius 1 is 1.17 bits per heavy atom. The van der Waals surface area contributed by atoms with Gasteiger partial charge in [0.1, 0.15) is 0 Å². The van der Waals surface area contributed by atoms with Crippen molar-refractivity contribution in [1.29, 1.82) is 0 Å². The van der Waals surface area contributed by atoms with E-state index >= 15 is 0 Å². The molecule has 0 fully saturated rings. The maximum absolute atomic E-state index is 11.4. The van der Waals surface area contributed by atoms with Gasteiger partial charge in [-0.15, -0.1) is 10.2 Å². The molecule has 0 bridgehead atoms. The molecule has 0 N–H and O–H groups in total. The first-order valence-corrected chi connectivity index (χ1v) is 7.90. The van der Waals surface area contributed by atoms with Crippen LogP contribution in [0.5, 0.6) is 5.88 Å². The van der Waals surface area contributed by atoms with E-state index in [1.165, 1.54) is 11.8 Å². The Balaban J connectivity index is 2.08. The summed E-state index contributed by atoms with van der Waals surface area (Å²) in [6, 6.07) is 0. The third kappa shape index (κ3) is 4.55. The van der Waals surface area contributed by atoms with E-state index in [4.69, 9.17) is 14.2 Å². The van der Waals surface area contributed by atoms with Crippen molar-refractivity contribution >= 4 is 29.3 Å². The first-order valence-electron chi connectivity index (χ1n) is 6.92. The summed E-state index contributed by atoms with van der Waals surface area (Å²) < 4.78 is 16.5. The Hall–Kier alpha value is -2.36. The molecule has 0 unspecified atom stereocenters. The Labute approximate surface area is 136 Å². The number of carbonyl (C=O) groups is 2. The van der Waals surface area contributed by atoms with E-state index in [2.05, 4.69) is 15.2 Å². The molecule has 0 aliphatic heterocycles. The van der Waals surface area contributed by atoms with Crippen LogP contribution in [-0.2, 0) is 19.1 Å². The van der Waals surface area contributed by atoms with Crippen LogP contribution in [0.1, 0.15) is 13.8 Å². The number of nitrogens with zero attached hydrogens (tertiary/aromatic N) is 4. The number of hydrogen-bond acceptors (Lipinski definition) is 9. The number of hydrogen-bond donors (Lipinski definition) is 0. The van der Waals surface area contributed by atoms with Gasteiger partial charge in [-0.3, -0.25) is 9.20 Å². The van der Waals surface area contributed by atoms with Crippen LogP contribution in [0.15, 0.2) is 17.6 Å². The lowest BCUT2D eigenvalue weighted by molar-refractivity contribution is -0.145. The minimum absolute atomic E-state index is 0.110. The van der Waals surface area contributed by atoms with Gasteiger partial charge < -0.3 is 14.2 Å². The molecule has 0 aliphatic carbocycles. The van der Waals surface area contributed by atoms with Crippen molar-refractivity contribution in [3.8, 4) is 5.88 Å². The molecule has 0 radical (unpaired) electrons. The third-order valence-electron chi connectivity index (χ3n) is 2.52. The second-order valence-electron chi connectivity index (χ2n) is 4.10. The smallest absolute Gasteiger partial charge is 0.344 e. The van der Waals surface area contributed by atoms with Crippen LogP contribution >= 0.6 is 11.8 Å². The lowest BCUT2D eigenvalue weighted by Gasteiger charge is -2.07. The van der Waals surface area contributed by atoms with E-state index in [0.717, 1.165) is 0 Å². The van der Waals surface area contributed by atoms with Gasteiger partial charge in [-0.25, -0.2) is 9.78 Å². The van der Waals surface area contributed by atoms with Crippen molar-refractivity contribution in [1.82, 2.24) is 19.6 Å². The molecule has 0 saturated heterocycles. The lowest BCUT2D eigenvalue weighted by atomic mass is 10.6. The second kappa shape index (κ2) is 8.32. The Morgan fingerprint density at radius 3 is 2.65 bits per heavy atom. The summed E-state index contributed by atoms with van der Waals surface area (Å²) in [5.74, 6) is -0.614. The summed E-state index contributed by atoms with van der Waals surface area (Å²) in [6.07, 6.45) is 3.21. The van der Waals surface area contributed by atoms with Crippen molar-refractivity contribution in [2.45, 2.75) is 19.0 Å². The lowest BCUT2D eigenvalue weighted by Crippen LogP contribution is -2.16. The van der Waals surface area contributed by atoms with E-state index in [0.29, 0.717) is 17.4 Å². The van der Waals surface area contributed by atoms with Crippen molar-refractivity contribution in [3.63, 3.8) is 0 Å². The number of rotatable bonds is 8. The molecule has 10 heteroatoms. The number of ether oxygens (including phenoxy) is 3. The van der Waals surface area contributed by atoms with Crippen LogP contribution in [-0.4, -0.2) is 57.1 Å². The van der Waals surface area contributed by atoms with Gasteiger partial charge in [-0.05, 0) is 13.8 Å². The first kappa shape index (κ1) is 17.0. The molecular formula is C13H16N4O5S. The highest BCUT2D eigenvalue weighted by atomic mass is 32.2. The molecule has 2 heterocycles. The van der Waals surface area contributed by atoms with Gasteiger partial charge in [0.05, 0.1) is 19.0 Å². The minimum Gasteiger partial charge on any atom is -0.465 e. The monoisotopic (exact) mass is 340 g/mol. The maximum atomic E-state index is 11.4. The highest BCUT2D eigenvalue weighted by molar-refractivity contribution is 7.99. The zero-order chi connectivity index (χ0) is 16.7. The second-order valence-corrected chi connectivity index (χ2v) is 5.04. The van der Waals surface area contributed by atoms with Crippen LogP contribution in [0.25, 0.3) is 5.65 Å². The molecule has 0 aromatic carbocycles. The van der Waals surface area contributed by atoms with Gasteiger partial charge >= 0.3 is 11.9 Å². The summed E-state index contributed by atoms with van der Waals surface area (Å²) in [4.78, 5) is 26.8. The van der Waals surface area contributed by atoms with Gasteiger partial charge in [0, 0.05) is 12.4 Å².